The van der Waals surface area contributed by atoms with Gasteiger partial charge in [-0.2, -0.15) is 0 Å². The van der Waals surface area contributed by atoms with Gasteiger partial charge in [0.25, 0.3) is 0 Å². The standard InChI is InChI=1S/C20H27N7O9/c28-16(29)11-23-3-5-24(12-17(30)31)7-9-26(10-8-25(6-4-23)13-18(32)33)14-1-2-15(27(34)35)20-19(14)21-36-22-20/h1-2H,3-13H2,(H,28,29)(H,30,31)(H,32,33). The summed E-state index contributed by atoms with van der Waals surface area (Å²) in [6.07, 6.45) is 0. The third-order valence-corrected chi connectivity index (χ3v) is 5.82. The molecule has 0 saturated carbocycles. The summed E-state index contributed by atoms with van der Waals surface area (Å²) in [4.78, 5) is 51.7. The van der Waals surface area contributed by atoms with E-state index in [4.69, 9.17) is 4.63 Å². The number of benzene rings is 1. The molecule has 1 aliphatic heterocycles. The SMILES string of the molecule is O=C(O)CN1CCN(CC(=O)O)CCN(c2ccc([N+](=O)[O-])c3nonc23)CCN(CC(=O)O)CC1. The molecule has 36 heavy (non-hydrogen) atoms. The summed E-state index contributed by atoms with van der Waals surface area (Å²) in [6.45, 7) is 1.42. The number of aliphatic carboxylic acids is 3. The van der Waals surface area contributed by atoms with E-state index in [2.05, 4.69) is 10.3 Å². The first-order chi connectivity index (χ1) is 17.1. The first-order valence-corrected chi connectivity index (χ1v) is 11.1. The number of nitro benzene ring substituents is 1. The molecule has 1 fully saturated rings. The van der Waals surface area contributed by atoms with Gasteiger partial charge in [-0.25, -0.2) is 4.63 Å². The first-order valence-electron chi connectivity index (χ1n) is 11.1. The fraction of sp³-hybridized carbons (Fsp3) is 0.550. The Balaban J connectivity index is 1.91. The van der Waals surface area contributed by atoms with Crippen LogP contribution in [0.4, 0.5) is 11.4 Å². The van der Waals surface area contributed by atoms with E-state index < -0.39 is 22.8 Å². The molecule has 2 aromatic rings. The fourth-order valence-corrected chi connectivity index (χ4v) is 4.07. The number of anilines is 1. The second kappa shape index (κ2) is 12.2. The summed E-state index contributed by atoms with van der Waals surface area (Å²) < 4.78 is 4.75. The van der Waals surface area contributed by atoms with Crippen LogP contribution in [0.3, 0.4) is 0 Å². The Labute approximate surface area is 204 Å². The van der Waals surface area contributed by atoms with Crippen LogP contribution in [0.2, 0.25) is 0 Å². The third kappa shape index (κ3) is 7.30. The molecule has 196 valence electrons. The quantitative estimate of drug-likeness (QED) is 0.291. The molecule has 1 aromatic heterocycles. The van der Waals surface area contributed by atoms with Gasteiger partial charge < -0.3 is 20.2 Å². The van der Waals surface area contributed by atoms with E-state index in [9.17, 15) is 39.8 Å². The molecule has 0 aliphatic carbocycles. The number of hydrogen-bond acceptors (Lipinski definition) is 12. The Morgan fingerprint density at radius 2 is 1.19 bits per heavy atom. The minimum atomic E-state index is -1.04. The van der Waals surface area contributed by atoms with Crippen molar-refractivity contribution in [2.45, 2.75) is 0 Å². The van der Waals surface area contributed by atoms with Crippen molar-refractivity contribution in [2.75, 3.05) is 76.9 Å². The second-order valence-electron chi connectivity index (χ2n) is 8.32. The summed E-state index contributed by atoms with van der Waals surface area (Å²) in [6, 6.07) is 2.79. The Morgan fingerprint density at radius 1 is 0.778 bits per heavy atom. The molecule has 0 atom stereocenters. The molecule has 1 aliphatic rings. The smallest absolute Gasteiger partial charge is 0.317 e. The molecule has 0 radical (unpaired) electrons. The maximum Gasteiger partial charge on any atom is 0.317 e. The van der Waals surface area contributed by atoms with Gasteiger partial charge in [0.1, 0.15) is 0 Å². The van der Waals surface area contributed by atoms with E-state index >= 15 is 0 Å². The molecule has 0 amide bonds. The Hall–Kier alpha value is -3.89. The van der Waals surface area contributed by atoms with Gasteiger partial charge in [0.2, 0.25) is 5.52 Å². The van der Waals surface area contributed by atoms with Crippen LogP contribution in [-0.4, -0.2) is 135 Å². The van der Waals surface area contributed by atoms with E-state index in [1.165, 1.54) is 12.1 Å². The average molecular weight is 509 g/mol. The van der Waals surface area contributed by atoms with Gasteiger partial charge in [-0.05, 0) is 16.4 Å². The lowest BCUT2D eigenvalue weighted by molar-refractivity contribution is -0.383. The van der Waals surface area contributed by atoms with E-state index in [-0.39, 0.29) is 88.7 Å². The summed E-state index contributed by atoms with van der Waals surface area (Å²) in [5, 5.41) is 46.8. The van der Waals surface area contributed by atoms with Crippen molar-refractivity contribution >= 4 is 40.3 Å². The van der Waals surface area contributed by atoms with Crippen LogP contribution in [0, 0.1) is 10.1 Å². The fourth-order valence-electron chi connectivity index (χ4n) is 4.07. The van der Waals surface area contributed by atoms with Crippen molar-refractivity contribution in [1.29, 1.82) is 0 Å². The van der Waals surface area contributed by atoms with Crippen LogP contribution in [0.15, 0.2) is 16.8 Å². The Morgan fingerprint density at radius 3 is 1.61 bits per heavy atom. The molecule has 16 nitrogen and oxygen atoms in total. The third-order valence-electron chi connectivity index (χ3n) is 5.82. The highest BCUT2D eigenvalue weighted by Crippen LogP contribution is 2.31. The number of nitro groups is 1. The van der Waals surface area contributed by atoms with Crippen molar-refractivity contribution in [3.8, 4) is 0 Å². The Kier molecular flexibility index (Phi) is 9.04. The molecule has 3 N–H and O–H groups in total. The number of fused-ring (bicyclic) bond motifs is 1. The molecule has 0 spiro atoms. The monoisotopic (exact) mass is 509 g/mol. The minimum absolute atomic E-state index is 0.0299. The zero-order chi connectivity index (χ0) is 26.2. The average Bonchev–Trinajstić information content (AvgIpc) is 3.27. The van der Waals surface area contributed by atoms with E-state index in [0.717, 1.165) is 0 Å². The van der Waals surface area contributed by atoms with Crippen LogP contribution in [-0.2, 0) is 14.4 Å². The maximum absolute atomic E-state index is 11.4. The molecular weight excluding hydrogens is 482 g/mol. The zero-order valence-electron chi connectivity index (χ0n) is 19.4. The van der Waals surface area contributed by atoms with E-state index in [1.54, 1.807) is 14.7 Å². The number of nitrogens with zero attached hydrogens (tertiary/aromatic N) is 7. The highest BCUT2D eigenvalue weighted by Gasteiger charge is 2.25. The molecule has 3 rings (SSSR count). The number of rotatable bonds is 8. The lowest BCUT2D eigenvalue weighted by Crippen LogP contribution is -2.48. The molecule has 0 unspecified atom stereocenters. The molecule has 1 aromatic carbocycles. The van der Waals surface area contributed by atoms with Gasteiger partial charge in [-0.15, -0.1) is 0 Å². The normalized spacial score (nSPS) is 17.4. The van der Waals surface area contributed by atoms with Gasteiger partial charge >= 0.3 is 23.6 Å². The molecule has 0 bridgehead atoms. The van der Waals surface area contributed by atoms with Crippen molar-refractivity contribution in [3.05, 3.63) is 22.2 Å². The molecule has 16 heteroatoms. The summed E-state index contributed by atoms with van der Waals surface area (Å²) in [5.74, 6) is -3.11. The van der Waals surface area contributed by atoms with Crippen molar-refractivity contribution < 1.29 is 39.3 Å². The highest BCUT2D eigenvalue weighted by atomic mass is 16.6. The first kappa shape index (κ1) is 26.7. The number of non-ortho nitro benzene ring substituents is 1. The van der Waals surface area contributed by atoms with Crippen molar-refractivity contribution in [1.82, 2.24) is 25.0 Å². The number of aromatic nitrogens is 2. The van der Waals surface area contributed by atoms with Crippen LogP contribution < -0.4 is 4.90 Å². The number of carbonyl (C=O) groups is 3. The lowest BCUT2D eigenvalue weighted by atomic mass is 10.2. The van der Waals surface area contributed by atoms with E-state index in [0.29, 0.717) is 5.69 Å². The predicted molar refractivity (Wildman–Crippen MR) is 123 cm³/mol. The largest absolute Gasteiger partial charge is 0.480 e. The van der Waals surface area contributed by atoms with Gasteiger partial charge in [0.05, 0.1) is 30.2 Å². The second-order valence-corrected chi connectivity index (χ2v) is 8.32. The van der Waals surface area contributed by atoms with Gasteiger partial charge in [0.15, 0.2) is 5.52 Å². The van der Waals surface area contributed by atoms with E-state index in [1.807, 2.05) is 4.90 Å². The van der Waals surface area contributed by atoms with Crippen molar-refractivity contribution in [3.63, 3.8) is 0 Å². The lowest BCUT2D eigenvalue weighted by Gasteiger charge is -2.34. The topological polar surface area (TPSA) is 207 Å². The summed E-state index contributed by atoms with van der Waals surface area (Å²) >= 11 is 0. The summed E-state index contributed by atoms with van der Waals surface area (Å²) in [5.41, 5.74) is 0.339. The van der Waals surface area contributed by atoms with Gasteiger partial charge in [-0.1, -0.05) is 0 Å². The predicted octanol–water partition coefficient (Wildman–Crippen LogP) is -0.889. The van der Waals surface area contributed by atoms with Gasteiger partial charge in [-0.3, -0.25) is 39.2 Å². The summed E-state index contributed by atoms with van der Waals surface area (Å²) in [7, 11) is 0. The molecular formula is C20H27N7O9. The highest BCUT2D eigenvalue weighted by molar-refractivity contribution is 5.93. The van der Waals surface area contributed by atoms with Crippen LogP contribution >= 0.6 is 0 Å². The number of carboxylic acids is 3. The number of carboxylic acid groups (broad SMARTS) is 3. The minimum Gasteiger partial charge on any atom is -0.480 e. The molecule has 2 heterocycles. The van der Waals surface area contributed by atoms with Gasteiger partial charge in [0, 0.05) is 58.4 Å². The number of hydrogen-bond donors (Lipinski definition) is 3. The van der Waals surface area contributed by atoms with Crippen molar-refractivity contribution in [2.24, 2.45) is 0 Å². The van der Waals surface area contributed by atoms with Crippen LogP contribution in [0.25, 0.3) is 11.0 Å². The molecule has 1 saturated heterocycles. The Bertz CT molecular complexity index is 1080. The van der Waals surface area contributed by atoms with Crippen LogP contribution in [0.1, 0.15) is 0 Å². The zero-order valence-corrected chi connectivity index (χ0v) is 19.4. The van der Waals surface area contributed by atoms with Crippen LogP contribution in [0.5, 0.6) is 0 Å². The maximum atomic E-state index is 11.4.